The van der Waals surface area contributed by atoms with Crippen LogP contribution in [0, 0.1) is 5.92 Å². The lowest BCUT2D eigenvalue weighted by molar-refractivity contribution is 0.0943. The molecule has 0 bridgehead atoms. The van der Waals surface area contributed by atoms with E-state index in [2.05, 4.69) is 12.2 Å². The number of ether oxygens (including phenoxy) is 1. The quantitative estimate of drug-likeness (QED) is 0.732. The molecule has 0 aliphatic rings. The van der Waals surface area contributed by atoms with Crippen LogP contribution in [0.1, 0.15) is 36.5 Å². The summed E-state index contributed by atoms with van der Waals surface area (Å²) in [4.78, 5) is 12.2. The first-order chi connectivity index (χ1) is 9.62. The van der Waals surface area contributed by atoms with Crippen molar-refractivity contribution in [2.24, 2.45) is 5.92 Å². The van der Waals surface area contributed by atoms with Crippen LogP contribution in [0.2, 0.25) is 5.02 Å². The molecule has 1 atom stereocenters. The third-order valence-corrected chi connectivity index (χ3v) is 3.63. The number of hydrogen-bond donors (Lipinski definition) is 1. The van der Waals surface area contributed by atoms with Gasteiger partial charge < -0.3 is 10.1 Å². The van der Waals surface area contributed by atoms with Gasteiger partial charge in [0.25, 0.3) is 5.91 Å². The normalized spacial score (nSPS) is 12.0. The Bertz CT molecular complexity index is 432. The van der Waals surface area contributed by atoms with Crippen molar-refractivity contribution in [3.63, 3.8) is 0 Å². The number of hydrogen-bond acceptors (Lipinski definition) is 2. The molecule has 0 fully saturated rings. The van der Waals surface area contributed by atoms with Crippen LogP contribution in [0.4, 0.5) is 0 Å². The zero-order chi connectivity index (χ0) is 15.0. The second kappa shape index (κ2) is 9.09. The molecule has 20 heavy (non-hydrogen) atoms. The van der Waals surface area contributed by atoms with Crippen molar-refractivity contribution >= 4 is 29.1 Å². The number of nitrogens with one attached hydrogen (secondary N) is 1. The minimum atomic E-state index is -0.167. The van der Waals surface area contributed by atoms with E-state index in [-0.39, 0.29) is 5.91 Å². The Labute approximate surface area is 130 Å². The number of benzene rings is 1. The number of carbonyl (C=O) groups is 1. The summed E-state index contributed by atoms with van der Waals surface area (Å²) >= 11 is 11.7. The van der Waals surface area contributed by atoms with Crippen LogP contribution < -0.4 is 10.1 Å². The molecule has 5 heteroatoms. The predicted molar refractivity (Wildman–Crippen MR) is 84.1 cm³/mol. The molecule has 112 valence electrons. The van der Waals surface area contributed by atoms with E-state index in [1.54, 1.807) is 18.2 Å². The molecular weight excluding hydrogens is 297 g/mol. The number of carbonyl (C=O) groups excluding carboxylic acids is 1. The van der Waals surface area contributed by atoms with Gasteiger partial charge in [-0.2, -0.15) is 0 Å². The monoisotopic (exact) mass is 317 g/mol. The standard InChI is InChI=1S/C15H21Cl2NO2/c1-3-4-11(7-8-16)10-18-15(19)13-9-12(17)5-6-14(13)20-2/h5-6,9,11H,3-4,7-8,10H2,1-2H3,(H,18,19). The van der Waals surface area contributed by atoms with Crippen molar-refractivity contribution in [2.45, 2.75) is 26.2 Å². The second-order valence-corrected chi connectivity index (χ2v) is 5.50. The molecule has 1 amide bonds. The van der Waals surface area contributed by atoms with Crippen LogP contribution in [0.15, 0.2) is 18.2 Å². The van der Waals surface area contributed by atoms with E-state index < -0.39 is 0 Å². The van der Waals surface area contributed by atoms with E-state index >= 15 is 0 Å². The summed E-state index contributed by atoms with van der Waals surface area (Å²) in [6, 6.07) is 5.01. The average Bonchev–Trinajstić information content (AvgIpc) is 2.45. The van der Waals surface area contributed by atoms with Crippen molar-refractivity contribution < 1.29 is 9.53 Å². The number of methoxy groups -OCH3 is 1. The first-order valence-electron chi connectivity index (χ1n) is 6.80. The highest BCUT2D eigenvalue weighted by Gasteiger charge is 2.15. The van der Waals surface area contributed by atoms with Crippen LogP contribution in [-0.4, -0.2) is 25.4 Å². The number of amides is 1. The van der Waals surface area contributed by atoms with Crippen LogP contribution in [-0.2, 0) is 0 Å². The summed E-state index contributed by atoms with van der Waals surface area (Å²) in [7, 11) is 1.54. The molecule has 0 aliphatic heterocycles. The van der Waals surface area contributed by atoms with Gasteiger partial charge in [0.2, 0.25) is 0 Å². The Hall–Kier alpha value is -0.930. The maximum absolute atomic E-state index is 12.2. The van der Waals surface area contributed by atoms with E-state index in [0.29, 0.717) is 34.7 Å². The molecule has 1 unspecified atom stereocenters. The SMILES string of the molecule is CCCC(CCCl)CNC(=O)c1cc(Cl)ccc1OC. The Morgan fingerprint density at radius 2 is 2.15 bits per heavy atom. The summed E-state index contributed by atoms with van der Waals surface area (Å²) in [5.74, 6) is 1.38. The lowest BCUT2D eigenvalue weighted by Gasteiger charge is -2.16. The number of rotatable bonds is 8. The molecule has 0 heterocycles. The minimum Gasteiger partial charge on any atom is -0.496 e. The predicted octanol–water partition coefficient (Wildman–Crippen LogP) is 4.12. The van der Waals surface area contributed by atoms with Gasteiger partial charge in [-0.1, -0.05) is 24.9 Å². The average molecular weight is 318 g/mol. The third-order valence-electron chi connectivity index (χ3n) is 3.17. The second-order valence-electron chi connectivity index (χ2n) is 4.69. The molecule has 1 rings (SSSR count). The van der Waals surface area contributed by atoms with Crippen LogP contribution in [0.25, 0.3) is 0 Å². The van der Waals surface area contributed by atoms with Gasteiger partial charge in [0.15, 0.2) is 0 Å². The molecule has 0 aliphatic carbocycles. The number of halogens is 2. The topological polar surface area (TPSA) is 38.3 Å². The lowest BCUT2D eigenvalue weighted by Crippen LogP contribution is -2.29. The first-order valence-corrected chi connectivity index (χ1v) is 7.71. The maximum Gasteiger partial charge on any atom is 0.255 e. The zero-order valence-corrected chi connectivity index (χ0v) is 13.4. The maximum atomic E-state index is 12.2. The van der Waals surface area contributed by atoms with Crippen molar-refractivity contribution in [1.82, 2.24) is 5.32 Å². The van der Waals surface area contributed by atoms with Gasteiger partial charge in [-0.05, 0) is 37.0 Å². The highest BCUT2D eigenvalue weighted by molar-refractivity contribution is 6.31. The van der Waals surface area contributed by atoms with Crippen molar-refractivity contribution in [1.29, 1.82) is 0 Å². The molecule has 0 saturated carbocycles. The molecule has 1 N–H and O–H groups in total. The van der Waals surface area contributed by atoms with E-state index in [1.807, 2.05) is 0 Å². The highest BCUT2D eigenvalue weighted by atomic mass is 35.5. The summed E-state index contributed by atoms with van der Waals surface area (Å²) in [6.45, 7) is 2.75. The van der Waals surface area contributed by atoms with Crippen molar-refractivity contribution in [3.8, 4) is 5.75 Å². The summed E-state index contributed by atoms with van der Waals surface area (Å²) < 4.78 is 5.18. The van der Waals surface area contributed by atoms with E-state index in [9.17, 15) is 4.79 Å². The largest absolute Gasteiger partial charge is 0.496 e. The van der Waals surface area contributed by atoms with Gasteiger partial charge in [0.05, 0.1) is 12.7 Å². The Morgan fingerprint density at radius 1 is 1.40 bits per heavy atom. The fourth-order valence-corrected chi connectivity index (χ4v) is 2.58. The van der Waals surface area contributed by atoms with E-state index in [1.165, 1.54) is 7.11 Å². The van der Waals surface area contributed by atoms with Gasteiger partial charge in [-0.3, -0.25) is 4.79 Å². The highest BCUT2D eigenvalue weighted by Crippen LogP contribution is 2.22. The van der Waals surface area contributed by atoms with Crippen LogP contribution in [0.5, 0.6) is 5.75 Å². The van der Waals surface area contributed by atoms with Gasteiger partial charge in [-0.15, -0.1) is 11.6 Å². The minimum absolute atomic E-state index is 0.167. The molecule has 0 spiro atoms. The molecular formula is C15H21Cl2NO2. The van der Waals surface area contributed by atoms with Crippen molar-refractivity contribution in [3.05, 3.63) is 28.8 Å². The lowest BCUT2D eigenvalue weighted by atomic mass is 10.0. The van der Waals surface area contributed by atoms with Crippen LogP contribution >= 0.6 is 23.2 Å². The smallest absolute Gasteiger partial charge is 0.255 e. The van der Waals surface area contributed by atoms with Gasteiger partial charge in [0, 0.05) is 17.4 Å². The molecule has 0 aromatic heterocycles. The molecule has 1 aromatic carbocycles. The third kappa shape index (κ3) is 5.22. The Balaban J connectivity index is 2.68. The van der Waals surface area contributed by atoms with Crippen molar-refractivity contribution in [2.75, 3.05) is 19.5 Å². The summed E-state index contributed by atoms with van der Waals surface area (Å²) in [6.07, 6.45) is 3.04. The molecule has 0 saturated heterocycles. The number of alkyl halides is 1. The Morgan fingerprint density at radius 3 is 2.75 bits per heavy atom. The van der Waals surface area contributed by atoms with Crippen LogP contribution in [0.3, 0.4) is 0 Å². The first kappa shape index (κ1) is 17.1. The molecule has 0 radical (unpaired) electrons. The van der Waals surface area contributed by atoms with Gasteiger partial charge >= 0.3 is 0 Å². The van der Waals surface area contributed by atoms with E-state index in [0.717, 1.165) is 19.3 Å². The molecule has 3 nitrogen and oxygen atoms in total. The molecule has 1 aromatic rings. The fourth-order valence-electron chi connectivity index (χ4n) is 2.10. The summed E-state index contributed by atoms with van der Waals surface area (Å²) in [5.41, 5.74) is 0.459. The van der Waals surface area contributed by atoms with Gasteiger partial charge in [0.1, 0.15) is 5.75 Å². The summed E-state index contributed by atoms with van der Waals surface area (Å²) in [5, 5.41) is 3.45. The fraction of sp³-hybridized carbons (Fsp3) is 0.533. The van der Waals surface area contributed by atoms with E-state index in [4.69, 9.17) is 27.9 Å². The zero-order valence-electron chi connectivity index (χ0n) is 11.9. The van der Waals surface area contributed by atoms with Gasteiger partial charge in [-0.25, -0.2) is 0 Å². The Kier molecular flexibility index (Phi) is 7.78.